The predicted octanol–water partition coefficient (Wildman–Crippen LogP) is 2.42. The minimum Gasteiger partial charge on any atom is -0.493 e. The molecule has 0 aliphatic heterocycles. The minimum absolute atomic E-state index is 0.144. The zero-order valence-electron chi connectivity index (χ0n) is 16.3. The van der Waals surface area contributed by atoms with Gasteiger partial charge in [0.2, 0.25) is 10.0 Å². The summed E-state index contributed by atoms with van der Waals surface area (Å²) in [5.74, 6) is 0.761. The van der Waals surface area contributed by atoms with E-state index in [2.05, 4.69) is 5.32 Å². The zero-order valence-corrected chi connectivity index (χ0v) is 17.2. The molecule has 1 amide bonds. The first-order valence-electron chi connectivity index (χ1n) is 9.04. The second kappa shape index (κ2) is 10.1. The van der Waals surface area contributed by atoms with E-state index < -0.39 is 10.0 Å². The van der Waals surface area contributed by atoms with Crippen LogP contribution >= 0.6 is 0 Å². The molecule has 0 atom stereocenters. The monoisotopic (exact) mass is 406 g/mol. The van der Waals surface area contributed by atoms with Crippen LogP contribution in [0.4, 0.5) is 0 Å². The summed E-state index contributed by atoms with van der Waals surface area (Å²) in [6.07, 6.45) is 0. The number of carbonyl (C=O) groups is 1. The number of rotatable bonds is 10. The molecule has 0 bridgehead atoms. The molecule has 0 spiro atoms. The summed E-state index contributed by atoms with van der Waals surface area (Å²) in [4.78, 5) is 12.2. The van der Waals surface area contributed by atoms with Crippen LogP contribution in [-0.4, -0.2) is 45.4 Å². The average Bonchev–Trinajstić information content (AvgIpc) is 2.72. The normalized spacial score (nSPS) is 11.3. The standard InChI is InChI=1S/C20H26N2O5S/c1-4-22(5-2)28(24,25)17-12-10-16(11-13-17)14-21-20(23)15-27-19-9-7-6-8-18(19)26-3/h6-13H,4-5,14-15H2,1-3H3,(H,21,23). The van der Waals surface area contributed by atoms with Gasteiger partial charge in [-0.25, -0.2) is 8.42 Å². The van der Waals surface area contributed by atoms with Crippen molar-refractivity contribution in [2.24, 2.45) is 0 Å². The van der Waals surface area contributed by atoms with Crippen molar-refractivity contribution < 1.29 is 22.7 Å². The summed E-state index contributed by atoms with van der Waals surface area (Å²) < 4.78 is 37.0. The molecule has 1 N–H and O–H groups in total. The van der Waals surface area contributed by atoms with Gasteiger partial charge in [0.1, 0.15) is 0 Å². The van der Waals surface area contributed by atoms with Crippen LogP contribution in [0, 0.1) is 0 Å². The highest BCUT2D eigenvalue weighted by molar-refractivity contribution is 7.89. The molecule has 0 aliphatic rings. The van der Waals surface area contributed by atoms with Gasteiger partial charge in [-0.1, -0.05) is 38.1 Å². The van der Waals surface area contributed by atoms with Crippen LogP contribution in [0.15, 0.2) is 53.4 Å². The largest absolute Gasteiger partial charge is 0.493 e. The van der Waals surface area contributed by atoms with Crippen molar-refractivity contribution in [3.05, 3.63) is 54.1 Å². The molecule has 28 heavy (non-hydrogen) atoms. The smallest absolute Gasteiger partial charge is 0.258 e. The third kappa shape index (κ3) is 5.46. The van der Waals surface area contributed by atoms with Gasteiger partial charge in [0.15, 0.2) is 18.1 Å². The van der Waals surface area contributed by atoms with Gasteiger partial charge in [-0.3, -0.25) is 4.79 Å². The maximum Gasteiger partial charge on any atom is 0.258 e. The van der Waals surface area contributed by atoms with Gasteiger partial charge in [-0.15, -0.1) is 0 Å². The predicted molar refractivity (Wildman–Crippen MR) is 107 cm³/mol. The number of carbonyl (C=O) groups excluding carboxylic acids is 1. The van der Waals surface area contributed by atoms with Crippen molar-refractivity contribution in [1.29, 1.82) is 0 Å². The molecule has 2 aromatic carbocycles. The Morgan fingerprint density at radius 1 is 1.00 bits per heavy atom. The van der Waals surface area contributed by atoms with E-state index in [1.807, 2.05) is 6.07 Å². The van der Waals surface area contributed by atoms with E-state index in [0.717, 1.165) is 5.56 Å². The van der Waals surface area contributed by atoms with Crippen molar-refractivity contribution in [2.75, 3.05) is 26.8 Å². The van der Waals surface area contributed by atoms with Crippen molar-refractivity contribution >= 4 is 15.9 Å². The summed E-state index contributed by atoms with van der Waals surface area (Å²) in [6.45, 7) is 4.58. The number of para-hydroxylation sites is 2. The number of ether oxygens (including phenoxy) is 2. The number of nitrogens with zero attached hydrogens (tertiary/aromatic N) is 1. The van der Waals surface area contributed by atoms with E-state index in [-0.39, 0.29) is 24.0 Å². The Balaban J connectivity index is 1.90. The number of hydrogen-bond acceptors (Lipinski definition) is 5. The number of nitrogens with one attached hydrogen (secondary N) is 1. The van der Waals surface area contributed by atoms with E-state index in [1.165, 1.54) is 11.4 Å². The average molecular weight is 407 g/mol. The molecular formula is C20H26N2O5S. The Bertz CT molecular complexity index is 878. The Labute approximate surface area is 166 Å². The first kappa shape index (κ1) is 21.7. The second-order valence-corrected chi connectivity index (χ2v) is 7.89. The van der Waals surface area contributed by atoms with Gasteiger partial charge in [-0.2, -0.15) is 4.31 Å². The Kier molecular flexibility index (Phi) is 7.83. The van der Waals surface area contributed by atoms with Crippen LogP contribution in [-0.2, 0) is 21.4 Å². The molecule has 0 aliphatic carbocycles. The van der Waals surface area contributed by atoms with Crippen LogP contribution in [0.3, 0.4) is 0 Å². The van der Waals surface area contributed by atoms with Gasteiger partial charge in [0, 0.05) is 19.6 Å². The van der Waals surface area contributed by atoms with E-state index >= 15 is 0 Å². The highest BCUT2D eigenvalue weighted by atomic mass is 32.2. The van der Waals surface area contributed by atoms with Gasteiger partial charge in [0.25, 0.3) is 5.91 Å². The fourth-order valence-electron chi connectivity index (χ4n) is 2.62. The molecule has 7 nitrogen and oxygen atoms in total. The molecule has 0 fully saturated rings. The fourth-order valence-corrected chi connectivity index (χ4v) is 4.08. The molecule has 0 saturated carbocycles. The van der Waals surface area contributed by atoms with Crippen LogP contribution in [0.5, 0.6) is 11.5 Å². The van der Waals surface area contributed by atoms with E-state index in [1.54, 1.807) is 56.3 Å². The summed E-state index contributed by atoms with van der Waals surface area (Å²) in [6, 6.07) is 13.6. The van der Waals surface area contributed by atoms with Gasteiger partial charge in [-0.05, 0) is 29.8 Å². The number of hydrogen-bond donors (Lipinski definition) is 1. The number of methoxy groups -OCH3 is 1. The van der Waals surface area contributed by atoms with Crippen molar-refractivity contribution in [3.63, 3.8) is 0 Å². The summed E-state index contributed by atoms with van der Waals surface area (Å²) in [7, 11) is -1.95. The lowest BCUT2D eigenvalue weighted by Crippen LogP contribution is -2.30. The van der Waals surface area contributed by atoms with Crippen LogP contribution < -0.4 is 14.8 Å². The summed E-state index contributed by atoms with van der Waals surface area (Å²) in [5, 5.41) is 2.75. The molecule has 0 saturated heterocycles. The van der Waals surface area contributed by atoms with E-state index in [4.69, 9.17) is 9.47 Å². The van der Waals surface area contributed by atoms with Crippen LogP contribution in [0.25, 0.3) is 0 Å². The van der Waals surface area contributed by atoms with E-state index in [0.29, 0.717) is 24.6 Å². The summed E-state index contributed by atoms with van der Waals surface area (Å²) in [5.41, 5.74) is 0.795. The van der Waals surface area contributed by atoms with Gasteiger partial charge >= 0.3 is 0 Å². The maximum atomic E-state index is 12.5. The van der Waals surface area contributed by atoms with Crippen LogP contribution in [0.1, 0.15) is 19.4 Å². The van der Waals surface area contributed by atoms with Gasteiger partial charge in [0.05, 0.1) is 12.0 Å². The third-order valence-electron chi connectivity index (χ3n) is 4.18. The minimum atomic E-state index is -3.48. The fraction of sp³-hybridized carbons (Fsp3) is 0.350. The van der Waals surface area contributed by atoms with Crippen LogP contribution in [0.2, 0.25) is 0 Å². The molecule has 8 heteroatoms. The van der Waals surface area contributed by atoms with Crippen molar-refractivity contribution in [3.8, 4) is 11.5 Å². The molecular weight excluding hydrogens is 380 g/mol. The Hall–Kier alpha value is -2.58. The zero-order chi connectivity index (χ0) is 20.6. The second-order valence-electron chi connectivity index (χ2n) is 5.95. The lowest BCUT2D eigenvalue weighted by molar-refractivity contribution is -0.123. The molecule has 2 aromatic rings. The molecule has 0 radical (unpaired) electrons. The maximum absolute atomic E-state index is 12.5. The number of sulfonamides is 1. The summed E-state index contributed by atoms with van der Waals surface area (Å²) >= 11 is 0. The van der Waals surface area contributed by atoms with Gasteiger partial charge < -0.3 is 14.8 Å². The number of amides is 1. The molecule has 0 unspecified atom stereocenters. The van der Waals surface area contributed by atoms with Crippen molar-refractivity contribution in [2.45, 2.75) is 25.3 Å². The molecule has 0 heterocycles. The SMILES string of the molecule is CCN(CC)S(=O)(=O)c1ccc(CNC(=O)COc2ccccc2OC)cc1. The highest BCUT2D eigenvalue weighted by Crippen LogP contribution is 2.25. The molecule has 0 aromatic heterocycles. The van der Waals surface area contributed by atoms with Crippen molar-refractivity contribution in [1.82, 2.24) is 9.62 Å². The van der Waals surface area contributed by atoms with E-state index in [9.17, 15) is 13.2 Å². The lowest BCUT2D eigenvalue weighted by atomic mass is 10.2. The molecule has 2 rings (SSSR count). The lowest BCUT2D eigenvalue weighted by Gasteiger charge is -2.18. The highest BCUT2D eigenvalue weighted by Gasteiger charge is 2.21. The third-order valence-corrected chi connectivity index (χ3v) is 6.25. The molecule has 152 valence electrons. The Morgan fingerprint density at radius 3 is 2.18 bits per heavy atom. The first-order chi connectivity index (χ1) is 13.4. The quantitative estimate of drug-likeness (QED) is 0.655. The Morgan fingerprint density at radius 2 is 1.61 bits per heavy atom. The number of benzene rings is 2. The topological polar surface area (TPSA) is 84.9 Å². The first-order valence-corrected chi connectivity index (χ1v) is 10.5.